The molecule has 65 heavy (non-hydrogen) atoms. The number of anilines is 1. The average Bonchev–Trinajstić information content (AvgIpc) is 3.88. The molecule has 4 aliphatic heterocycles. The van der Waals surface area contributed by atoms with Crippen LogP contribution in [-0.2, 0) is 23.1 Å². The third-order valence-corrected chi connectivity index (χ3v) is 14.1. The van der Waals surface area contributed by atoms with E-state index in [1.807, 2.05) is 23.6 Å². The number of nitrogens with zero attached hydrogens (tertiary/aromatic N) is 8. The van der Waals surface area contributed by atoms with E-state index in [1.54, 1.807) is 13.0 Å². The first kappa shape index (κ1) is 43.1. The first-order valence-electron chi connectivity index (χ1n) is 23.0. The molecule has 0 saturated carbocycles. The second-order valence-corrected chi connectivity index (χ2v) is 18.9. The van der Waals surface area contributed by atoms with Gasteiger partial charge in [0.1, 0.15) is 28.6 Å². The van der Waals surface area contributed by atoms with Gasteiger partial charge in [0.2, 0.25) is 11.8 Å². The smallest absolute Gasteiger partial charge is 0.319 e. The number of hydrogen-bond acceptors (Lipinski definition) is 12. The van der Waals surface area contributed by atoms with E-state index in [4.69, 9.17) is 14.8 Å². The standard InChI is InChI=1S/C49H55F2N9O5/c1-4-33-38(50)10-7-31-20-32(61)22-36(41(31)33)44-42(51)45-37(23-52-44)46(60-16-5-15-49(2,64)26-60)55-48(54-45)65-25-28-12-17-59(24-28)27-58-18-13-29(14-19-58)30-6-8-34-39(21-30)57(3)56-43(34)35-9-11-40(62)53-47(35)63/h6-8,10,20-23,28-29,35,61,64H,4-5,9,11-19,24-27H2,1-3H3,(H,53,62,63)/t28?,35?,49-/m1/s1. The molecule has 7 heterocycles. The highest BCUT2D eigenvalue weighted by atomic mass is 19.1. The highest BCUT2D eigenvalue weighted by molar-refractivity contribution is 6.03. The zero-order valence-corrected chi connectivity index (χ0v) is 37.1. The summed E-state index contributed by atoms with van der Waals surface area (Å²) in [6.07, 6.45) is 7.01. The van der Waals surface area contributed by atoms with Gasteiger partial charge in [-0.15, -0.1) is 0 Å². The number of imide groups is 1. The fourth-order valence-corrected chi connectivity index (χ4v) is 10.8. The van der Waals surface area contributed by atoms with Crippen LogP contribution in [0, 0.1) is 17.6 Å². The maximum absolute atomic E-state index is 17.0. The van der Waals surface area contributed by atoms with Crippen LogP contribution in [0.3, 0.4) is 0 Å². The van der Waals surface area contributed by atoms with Gasteiger partial charge in [-0.05, 0) is 124 Å². The van der Waals surface area contributed by atoms with Crippen molar-refractivity contribution < 1.29 is 33.3 Å². The van der Waals surface area contributed by atoms with E-state index < -0.39 is 23.2 Å². The number of aryl methyl sites for hydroxylation is 2. The summed E-state index contributed by atoms with van der Waals surface area (Å²) in [5, 5.41) is 31.3. The molecular weight excluding hydrogens is 833 g/mol. The van der Waals surface area contributed by atoms with Gasteiger partial charge in [0.05, 0.1) is 41.4 Å². The van der Waals surface area contributed by atoms with E-state index in [0.29, 0.717) is 78.8 Å². The number of amides is 2. The molecule has 2 unspecified atom stereocenters. The quantitative estimate of drug-likeness (QED) is 0.125. The van der Waals surface area contributed by atoms with Gasteiger partial charge in [-0.1, -0.05) is 25.1 Å². The minimum Gasteiger partial charge on any atom is -0.508 e. The number of halogens is 2. The summed E-state index contributed by atoms with van der Waals surface area (Å²) in [5.41, 5.74) is 2.65. The minimum absolute atomic E-state index is 0.000157. The number of carbonyl (C=O) groups is 2. The molecule has 3 aromatic carbocycles. The number of carbonyl (C=O) groups excluding carboxylic acids is 2. The number of piperidine rings is 3. The summed E-state index contributed by atoms with van der Waals surface area (Å²) in [6.45, 7) is 9.42. The van der Waals surface area contributed by atoms with Crippen molar-refractivity contribution in [2.75, 3.05) is 57.4 Å². The Hall–Kier alpha value is -5.84. The molecule has 340 valence electrons. The van der Waals surface area contributed by atoms with Crippen molar-refractivity contribution in [2.45, 2.75) is 82.7 Å². The molecule has 4 saturated heterocycles. The highest BCUT2D eigenvalue weighted by Crippen LogP contribution is 2.40. The number of β-amino-alcohol motifs (C(OH)–C–C–N with tert-alkyl or cyclic N) is 1. The Bertz CT molecular complexity index is 2840. The van der Waals surface area contributed by atoms with Crippen LogP contribution in [0.25, 0.3) is 43.8 Å². The zero-order chi connectivity index (χ0) is 45.1. The number of aliphatic hydroxyl groups is 1. The lowest BCUT2D eigenvalue weighted by molar-refractivity contribution is -0.134. The van der Waals surface area contributed by atoms with Crippen LogP contribution in [0.5, 0.6) is 11.8 Å². The summed E-state index contributed by atoms with van der Waals surface area (Å²) in [5.74, 6) is -1.12. The van der Waals surface area contributed by atoms with E-state index in [0.717, 1.165) is 75.1 Å². The zero-order valence-electron chi connectivity index (χ0n) is 37.1. The number of phenols is 1. The van der Waals surface area contributed by atoms with E-state index in [1.165, 1.54) is 30.0 Å². The number of fused-ring (bicyclic) bond motifs is 3. The summed E-state index contributed by atoms with van der Waals surface area (Å²) in [6, 6.07) is 12.4. The van der Waals surface area contributed by atoms with E-state index in [9.17, 15) is 19.8 Å². The Morgan fingerprint density at radius 2 is 1.78 bits per heavy atom. The highest BCUT2D eigenvalue weighted by Gasteiger charge is 2.34. The number of likely N-dealkylation sites (tertiary alicyclic amines) is 2. The van der Waals surface area contributed by atoms with Crippen LogP contribution in [0.15, 0.2) is 48.7 Å². The van der Waals surface area contributed by atoms with E-state index >= 15 is 8.78 Å². The molecule has 3 N–H and O–H groups in total. The number of aromatic nitrogens is 5. The maximum atomic E-state index is 17.0. The molecular formula is C49H55F2N9O5. The Kier molecular flexibility index (Phi) is 11.4. The van der Waals surface area contributed by atoms with Gasteiger partial charge < -0.3 is 19.8 Å². The van der Waals surface area contributed by atoms with Crippen molar-refractivity contribution in [3.8, 4) is 23.0 Å². The molecule has 4 aliphatic rings. The predicted octanol–water partition coefficient (Wildman–Crippen LogP) is 6.69. The molecule has 2 amide bonds. The van der Waals surface area contributed by atoms with E-state index in [2.05, 4.69) is 43.3 Å². The number of ether oxygens (including phenoxy) is 1. The lowest BCUT2D eigenvalue weighted by Gasteiger charge is -2.37. The van der Waals surface area contributed by atoms with Crippen LogP contribution in [-0.4, -0.2) is 115 Å². The molecule has 4 fully saturated rings. The number of hydrogen-bond donors (Lipinski definition) is 3. The van der Waals surface area contributed by atoms with Crippen molar-refractivity contribution in [3.63, 3.8) is 0 Å². The van der Waals surface area contributed by atoms with E-state index in [-0.39, 0.29) is 46.3 Å². The normalized spacial score (nSPS) is 22.7. The molecule has 14 nitrogen and oxygen atoms in total. The Balaban J connectivity index is 0.823. The van der Waals surface area contributed by atoms with Gasteiger partial charge in [-0.2, -0.15) is 15.1 Å². The lowest BCUT2D eigenvalue weighted by Crippen LogP contribution is -2.46. The predicted molar refractivity (Wildman–Crippen MR) is 243 cm³/mol. The fourth-order valence-electron chi connectivity index (χ4n) is 10.8. The maximum Gasteiger partial charge on any atom is 0.319 e. The monoisotopic (exact) mass is 887 g/mol. The Morgan fingerprint density at radius 3 is 2.57 bits per heavy atom. The number of aromatic hydroxyl groups is 1. The van der Waals surface area contributed by atoms with Gasteiger partial charge in [-0.25, -0.2) is 8.78 Å². The molecule has 16 heteroatoms. The molecule has 6 aromatic rings. The molecule has 0 radical (unpaired) electrons. The fraction of sp³-hybridized carbons (Fsp3) is 0.469. The van der Waals surface area contributed by atoms with Crippen molar-refractivity contribution in [1.29, 1.82) is 0 Å². The number of nitrogens with one attached hydrogen (secondary N) is 1. The Morgan fingerprint density at radius 1 is 0.969 bits per heavy atom. The molecule has 3 atom stereocenters. The van der Waals surface area contributed by atoms with Crippen LogP contribution >= 0.6 is 0 Å². The van der Waals surface area contributed by atoms with Crippen molar-refractivity contribution in [2.24, 2.45) is 13.0 Å². The number of pyridine rings is 1. The molecule has 3 aromatic heterocycles. The van der Waals surface area contributed by atoms with Crippen LogP contribution in [0.2, 0.25) is 0 Å². The first-order valence-corrected chi connectivity index (χ1v) is 23.0. The largest absolute Gasteiger partial charge is 0.508 e. The number of rotatable bonds is 10. The first-order chi connectivity index (χ1) is 31.3. The molecule has 0 aliphatic carbocycles. The van der Waals surface area contributed by atoms with Crippen LogP contribution in [0.1, 0.15) is 87.4 Å². The average molecular weight is 888 g/mol. The van der Waals surface area contributed by atoms with Crippen LogP contribution < -0.4 is 15.0 Å². The third kappa shape index (κ3) is 8.36. The lowest BCUT2D eigenvalue weighted by atomic mass is 9.88. The van der Waals surface area contributed by atoms with Gasteiger partial charge in [0, 0.05) is 56.2 Å². The number of benzene rings is 3. The van der Waals surface area contributed by atoms with Gasteiger partial charge in [-0.3, -0.25) is 34.4 Å². The SMILES string of the molecule is CCc1c(F)ccc2cc(O)cc(-c3ncc4c(N5CCC[C@@](C)(O)C5)nc(OCC5CCN(CN6CCC(c7ccc8c(C9CCC(=O)NC9=O)nn(C)c8c7)CC6)C5)nc4c3F)c12. The van der Waals surface area contributed by atoms with Gasteiger partial charge >= 0.3 is 6.01 Å². The van der Waals surface area contributed by atoms with Crippen molar-refractivity contribution in [3.05, 3.63) is 77.1 Å². The second-order valence-electron chi connectivity index (χ2n) is 18.9. The summed E-state index contributed by atoms with van der Waals surface area (Å²) in [4.78, 5) is 45.3. The minimum atomic E-state index is -0.967. The van der Waals surface area contributed by atoms with Gasteiger partial charge in [0.15, 0.2) is 5.82 Å². The summed E-state index contributed by atoms with van der Waals surface area (Å²) < 4.78 is 40.4. The summed E-state index contributed by atoms with van der Waals surface area (Å²) >= 11 is 0. The molecule has 0 bridgehead atoms. The van der Waals surface area contributed by atoms with Crippen LogP contribution in [0.4, 0.5) is 14.6 Å². The molecule has 10 rings (SSSR count). The third-order valence-electron chi connectivity index (χ3n) is 14.1. The second kappa shape index (κ2) is 17.2. The van der Waals surface area contributed by atoms with Gasteiger partial charge in [0.25, 0.3) is 0 Å². The summed E-state index contributed by atoms with van der Waals surface area (Å²) in [7, 11) is 1.91. The number of phenolic OH excluding ortho intramolecular Hbond substituents is 1. The Labute approximate surface area is 375 Å². The topological polar surface area (TPSA) is 162 Å². The molecule has 0 spiro atoms. The van der Waals surface area contributed by atoms with Crippen molar-refractivity contribution in [1.82, 2.24) is 39.8 Å². The van der Waals surface area contributed by atoms with Crippen molar-refractivity contribution >= 4 is 50.2 Å².